The number of hydrogen-bond acceptors (Lipinski definition) is 2. The van der Waals surface area contributed by atoms with Gasteiger partial charge in [-0.25, -0.2) is 4.39 Å². The highest BCUT2D eigenvalue weighted by molar-refractivity contribution is 5.87. The molecule has 0 amide bonds. The monoisotopic (exact) mass is 286 g/mol. The average Bonchev–Trinajstić information content (AvgIpc) is 2.96. The molecule has 110 valence electrons. The van der Waals surface area contributed by atoms with E-state index in [9.17, 15) is 4.79 Å². The van der Waals surface area contributed by atoms with Gasteiger partial charge in [0.1, 0.15) is 0 Å². The molecule has 21 heavy (non-hydrogen) atoms. The molecule has 0 atom stereocenters. The molecule has 1 saturated heterocycles. The summed E-state index contributed by atoms with van der Waals surface area (Å²) in [5, 5.41) is 0.424. The molecule has 0 aliphatic carbocycles. The molecule has 2 aromatic rings. The van der Waals surface area contributed by atoms with E-state index in [1.807, 2.05) is 6.92 Å². The summed E-state index contributed by atoms with van der Waals surface area (Å²) < 4.78 is 16.7. The number of aryl methyl sites for hydroxylation is 2. The van der Waals surface area contributed by atoms with Crippen LogP contribution in [0.1, 0.15) is 24.0 Å². The van der Waals surface area contributed by atoms with Gasteiger partial charge in [-0.3, -0.25) is 4.79 Å². The van der Waals surface area contributed by atoms with Crippen LogP contribution in [0.2, 0.25) is 0 Å². The molecule has 1 aromatic heterocycles. The van der Waals surface area contributed by atoms with E-state index in [2.05, 4.69) is 11.5 Å². The van der Waals surface area contributed by atoms with Crippen LogP contribution in [0.25, 0.3) is 17.1 Å². The Balaban J connectivity index is 2.41. The minimum Gasteiger partial charge on any atom is -0.369 e. The molecule has 1 aromatic carbocycles. The number of benzene rings is 1. The smallest absolute Gasteiger partial charge is 0.192 e. The van der Waals surface area contributed by atoms with E-state index in [1.54, 1.807) is 30.0 Å². The molecule has 1 aliphatic rings. The van der Waals surface area contributed by atoms with Gasteiger partial charge in [0.15, 0.2) is 11.2 Å². The van der Waals surface area contributed by atoms with Gasteiger partial charge in [-0.1, -0.05) is 6.58 Å². The van der Waals surface area contributed by atoms with Crippen LogP contribution in [0, 0.1) is 19.7 Å². The van der Waals surface area contributed by atoms with Crippen molar-refractivity contribution >= 4 is 22.8 Å². The van der Waals surface area contributed by atoms with Gasteiger partial charge >= 0.3 is 0 Å². The fourth-order valence-electron chi connectivity index (χ4n) is 3.20. The van der Waals surface area contributed by atoms with Crippen molar-refractivity contribution in [2.75, 3.05) is 18.0 Å². The number of anilines is 1. The summed E-state index contributed by atoms with van der Waals surface area (Å²) in [5.74, 6) is -0.316. The van der Waals surface area contributed by atoms with Crippen LogP contribution in [-0.2, 0) is 0 Å². The van der Waals surface area contributed by atoms with Gasteiger partial charge in [0.2, 0.25) is 0 Å². The Morgan fingerprint density at radius 3 is 2.52 bits per heavy atom. The topological polar surface area (TPSA) is 25.2 Å². The van der Waals surface area contributed by atoms with E-state index in [0.717, 1.165) is 31.5 Å². The van der Waals surface area contributed by atoms with Crippen molar-refractivity contribution in [3.63, 3.8) is 0 Å². The maximum atomic E-state index is 15.1. The quantitative estimate of drug-likeness (QED) is 0.844. The van der Waals surface area contributed by atoms with E-state index in [0.29, 0.717) is 22.2 Å². The van der Waals surface area contributed by atoms with Crippen molar-refractivity contribution in [2.24, 2.45) is 0 Å². The minimum atomic E-state index is -0.316. The maximum Gasteiger partial charge on any atom is 0.192 e. The van der Waals surface area contributed by atoms with E-state index in [1.165, 1.54) is 0 Å². The van der Waals surface area contributed by atoms with Crippen molar-refractivity contribution in [3.8, 4) is 0 Å². The van der Waals surface area contributed by atoms with Gasteiger partial charge in [-0.05, 0) is 38.3 Å². The van der Waals surface area contributed by atoms with Crippen molar-refractivity contribution in [2.45, 2.75) is 26.7 Å². The Labute approximate surface area is 123 Å². The molecule has 1 aliphatic heterocycles. The molecule has 3 nitrogen and oxygen atoms in total. The Hall–Kier alpha value is -2.10. The molecule has 2 heterocycles. The third kappa shape index (κ3) is 2.06. The number of rotatable bonds is 2. The lowest BCUT2D eigenvalue weighted by atomic mass is 10.1. The lowest BCUT2D eigenvalue weighted by Crippen LogP contribution is -2.22. The molecule has 4 heteroatoms. The average molecular weight is 286 g/mol. The number of hydrogen-bond donors (Lipinski definition) is 0. The van der Waals surface area contributed by atoms with Crippen LogP contribution in [-0.4, -0.2) is 17.7 Å². The first-order valence-electron chi connectivity index (χ1n) is 7.26. The van der Waals surface area contributed by atoms with E-state index >= 15 is 4.39 Å². The second-order valence-electron chi connectivity index (χ2n) is 5.68. The predicted molar refractivity (Wildman–Crippen MR) is 85.5 cm³/mol. The molecule has 0 radical (unpaired) electrons. The van der Waals surface area contributed by atoms with E-state index in [4.69, 9.17) is 0 Å². The molecule has 0 N–H and O–H groups in total. The zero-order valence-corrected chi connectivity index (χ0v) is 12.4. The van der Waals surface area contributed by atoms with Crippen LogP contribution in [0.4, 0.5) is 10.1 Å². The zero-order chi connectivity index (χ0) is 15.1. The first-order chi connectivity index (χ1) is 10.0. The van der Waals surface area contributed by atoms with Crippen molar-refractivity contribution in [1.29, 1.82) is 0 Å². The Bertz CT molecular complexity index is 786. The van der Waals surface area contributed by atoms with Gasteiger partial charge in [0.25, 0.3) is 0 Å². The molecule has 3 rings (SSSR count). The number of pyridine rings is 1. The Kier molecular flexibility index (Phi) is 3.32. The highest BCUT2D eigenvalue weighted by Crippen LogP contribution is 2.32. The predicted octanol–water partition coefficient (Wildman–Crippen LogP) is 3.46. The minimum absolute atomic E-state index is 0.113. The highest BCUT2D eigenvalue weighted by Gasteiger charge is 2.22. The van der Waals surface area contributed by atoms with Crippen molar-refractivity contribution < 1.29 is 4.39 Å². The number of aromatic nitrogens is 1. The van der Waals surface area contributed by atoms with Gasteiger partial charge in [0, 0.05) is 36.4 Å². The first kappa shape index (κ1) is 13.9. The van der Waals surface area contributed by atoms with Crippen LogP contribution in [0.15, 0.2) is 23.6 Å². The normalized spacial score (nSPS) is 14.9. The maximum absolute atomic E-state index is 15.1. The van der Waals surface area contributed by atoms with Crippen LogP contribution >= 0.6 is 0 Å². The highest BCUT2D eigenvalue weighted by atomic mass is 19.1. The third-order valence-electron chi connectivity index (χ3n) is 4.22. The van der Waals surface area contributed by atoms with Crippen LogP contribution in [0.3, 0.4) is 0 Å². The van der Waals surface area contributed by atoms with Crippen molar-refractivity contribution in [3.05, 3.63) is 46.0 Å². The SMILES string of the molecule is C=Cn1cc(C)c(=O)c2cc(C)c(N3CCCC3)c(F)c21. The Morgan fingerprint density at radius 1 is 1.24 bits per heavy atom. The fourth-order valence-corrected chi connectivity index (χ4v) is 3.20. The summed E-state index contributed by atoms with van der Waals surface area (Å²) in [5.41, 5.74) is 2.25. The summed E-state index contributed by atoms with van der Waals surface area (Å²) in [6, 6.07) is 1.81. The fraction of sp³-hybridized carbons (Fsp3) is 0.353. The summed E-state index contributed by atoms with van der Waals surface area (Å²) in [7, 11) is 0. The van der Waals surface area contributed by atoms with Gasteiger partial charge in [-0.2, -0.15) is 0 Å². The lowest BCUT2D eigenvalue weighted by molar-refractivity contribution is 0.628. The molecule has 1 fully saturated rings. The number of nitrogens with zero attached hydrogens (tertiary/aromatic N) is 2. The molecule has 0 bridgehead atoms. The molecular weight excluding hydrogens is 267 g/mol. The van der Waals surface area contributed by atoms with Gasteiger partial charge in [-0.15, -0.1) is 0 Å². The van der Waals surface area contributed by atoms with Crippen LogP contribution < -0.4 is 10.3 Å². The molecule has 0 unspecified atom stereocenters. The second kappa shape index (κ2) is 5.02. The summed E-state index contributed by atoms with van der Waals surface area (Å²) >= 11 is 0. The van der Waals surface area contributed by atoms with Crippen LogP contribution in [0.5, 0.6) is 0 Å². The number of fused-ring (bicyclic) bond motifs is 1. The Morgan fingerprint density at radius 2 is 1.90 bits per heavy atom. The summed E-state index contributed by atoms with van der Waals surface area (Å²) in [6.45, 7) is 9.07. The third-order valence-corrected chi connectivity index (χ3v) is 4.22. The zero-order valence-electron chi connectivity index (χ0n) is 12.4. The summed E-state index contributed by atoms with van der Waals surface area (Å²) in [6.07, 6.45) is 5.35. The lowest BCUT2D eigenvalue weighted by Gasteiger charge is -2.22. The first-order valence-corrected chi connectivity index (χ1v) is 7.26. The largest absolute Gasteiger partial charge is 0.369 e. The molecular formula is C17H19FN2O. The molecule has 0 spiro atoms. The van der Waals surface area contributed by atoms with E-state index < -0.39 is 0 Å². The second-order valence-corrected chi connectivity index (χ2v) is 5.68. The number of halogens is 1. The van der Waals surface area contributed by atoms with Gasteiger partial charge in [0.05, 0.1) is 11.2 Å². The molecule has 0 saturated carbocycles. The van der Waals surface area contributed by atoms with E-state index in [-0.39, 0.29) is 11.2 Å². The van der Waals surface area contributed by atoms with Gasteiger partial charge < -0.3 is 9.47 Å². The van der Waals surface area contributed by atoms with Crippen molar-refractivity contribution in [1.82, 2.24) is 4.57 Å². The standard InChI is InChI=1S/C17H19FN2O/c1-4-19-10-12(3)17(21)13-9-11(2)15(14(18)16(13)19)20-7-5-6-8-20/h4,9-10H,1,5-8H2,2-3H3. The summed E-state index contributed by atoms with van der Waals surface area (Å²) in [4.78, 5) is 14.4.